The second kappa shape index (κ2) is 6.54. The number of aromatic nitrogens is 2. The maximum absolute atomic E-state index is 11.6. The quantitative estimate of drug-likeness (QED) is 0.700. The van der Waals surface area contributed by atoms with Gasteiger partial charge in [0.1, 0.15) is 11.6 Å². The molecule has 2 rings (SSSR count). The van der Waals surface area contributed by atoms with Gasteiger partial charge < -0.3 is 15.6 Å². The van der Waals surface area contributed by atoms with Crippen molar-refractivity contribution in [1.29, 1.82) is 0 Å². The SMILES string of the molecule is CC(C)CNC(=O)CCNc1cc(=O)[nH]c(C2CC2)n1. The van der Waals surface area contributed by atoms with Gasteiger partial charge in [-0.2, -0.15) is 0 Å². The van der Waals surface area contributed by atoms with Crippen LogP contribution in [0.15, 0.2) is 10.9 Å². The van der Waals surface area contributed by atoms with Crippen molar-refractivity contribution in [3.05, 3.63) is 22.2 Å². The van der Waals surface area contributed by atoms with E-state index in [1.165, 1.54) is 6.07 Å². The number of amides is 1. The number of carbonyl (C=O) groups excluding carboxylic acids is 1. The zero-order valence-electron chi connectivity index (χ0n) is 12.0. The average molecular weight is 278 g/mol. The van der Waals surface area contributed by atoms with Crippen LogP contribution in [0.25, 0.3) is 0 Å². The lowest BCUT2D eigenvalue weighted by Crippen LogP contribution is -2.28. The van der Waals surface area contributed by atoms with Gasteiger partial charge in [-0.05, 0) is 18.8 Å². The van der Waals surface area contributed by atoms with Gasteiger partial charge in [0.25, 0.3) is 5.56 Å². The lowest BCUT2D eigenvalue weighted by Gasteiger charge is -2.09. The number of nitrogens with one attached hydrogen (secondary N) is 3. The van der Waals surface area contributed by atoms with Crippen LogP contribution in [0.1, 0.15) is 44.9 Å². The summed E-state index contributed by atoms with van der Waals surface area (Å²) in [5, 5.41) is 5.89. The largest absolute Gasteiger partial charge is 0.369 e. The molecular formula is C14H22N4O2. The lowest BCUT2D eigenvalue weighted by atomic mass is 10.2. The number of rotatable bonds is 7. The van der Waals surface area contributed by atoms with Crippen LogP contribution < -0.4 is 16.2 Å². The number of anilines is 1. The Kier molecular flexibility index (Phi) is 4.76. The van der Waals surface area contributed by atoms with E-state index in [2.05, 4.69) is 34.4 Å². The Labute approximate surface area is 118 Å². The molecule has 0 saturated heterocycles. The molecule has 6 heteroatoms. The van der Waals surface area contributed by atoms with E-state index in [0.29, 0.717) is 37.2 Å². The van der Waals surface area contributed by atoms with Gasteiger partial charge in [-0.15, -0.1) is 0 Å². The molecule has 6 nitrogen and oxygen atoms in total. The Hall–Kier alpha value is -1.85. The molecule has 1 aromatic rings. The molecule has 0 radical (unpaired) electrons. The second-order valence-corrected chi connectivity index (χ2v) is 5.66. The molecule has 0 bridgehead atoms. The predicted molar refractivity (Wildman–Crippen MR) is 77.8 cm³/mol. The fraction of sp³-hybridized carbons (Fsp3) is 0.643. The Morgan fingerprint density at radius 3 is 2.90 bits per heavy atom. The summed E-state index contributed by atoms with van der Waals surface area (Å²) >= 11 is 0. The average Bonchev–Trinajstić information content (AvgIpc) is 3.20. The van der Waals surface area contributed by atoms with Crippen LogP contribution in [0.3, 0.4) is 0 Å². The van der Waals surface area contributed by atoms with E-state index in [9.17, 15) is 9.59 Å². The number of H-pyrrole nitrogens is 1. The summed E-state index contributed by atoms with van der Waals surface area (Å²) in [5.74, 6) is 2.16. The Balaban J connectivity index is 1.79. The third-order valence-corrected chi connectivity index (χ3v) is 3.09. The Morgan fingerprint density at radius 2 is 2.25 bits per heavy atom. The van der Waals surface area contributed by atoms with Gasteiger partial charge in [-0.1, -0.05) is 13.8 Å². The van der Waals surface area contributed by atoms with Crippen LogP contribution in [0.2, 0.25) is 0 Å². The summed E-state index contributed by atoms with van der Waals surface area (Å²) in [7, 11) is 0. The highest BCUT2D eigenvalue weighted by Gasteiger charge is 2.26. The summed E-state index contributed by atoms with van der Waals surface area (Å²) in [4.78, 5) is 30.2. The first-order valence-electron chi connectivity index (χ1n) is 7.16. The van der Waals surface area contributed by atoms with Crippen LogP contribution in [-0.2, 0) is 4.79 Å². The summed E-state index contributed by atoms with van der Waals surface area (Å²) in [6.45, 7) is 5.27. The van der Waals surface area contributed by atoms with Crippen molar-refractivity contribution in [1.82, 2.24) is 15.3 Å². The second-order valence-electron chi connectivity index (χ2n) is 5.66. The van der Waals surface area contributed by atoms with Crippen molar-refractivity contribution in [2.24, 2.45) is 5.92 Å². The minimum atomic E-state index is -0.145. The molecule has 1 fully saturated rings. The van der Waals surface area contributed by atoms with Crippen molar-refractivity contribution in [3.8, 4) is 0 Å². The van der Waals surface area contributed by atoms with E-state index in [-0.39, 0.29) is 11.5 Å². The minimum absolute atomic E-state index is 0.0125. The first-order valence-corrected chi connectivity index (χ1v) is 7.16. The van der Waals surface area contributed by atoms with Crippen molar-refractivity contribution in [2.75, 3.05) is 18.4 Å². The van der Waals surface area contributed by atoms with Gasteiger partial charge in [-0.3, -0.25) is 9.59 Å². The van der Waals surface area contributed by atoms with Crippen LogP contribution in [0.4, 0.5) is 5.82 Å². The summed E-state index contributed by atoms with van der Waals surface area (Å²) < 4.78 is 0. The minimum Gasteiger partial charge on any atom is -0.369 e. The maximum atomic E-state index is 11.6. The number of aromatic amines is 1. The van der Waals surface area contributed by atoms with E-state index in [4.69, 9.17) is 0 Å². The molecule has 1 aliphatic rings. The molecule has 3 N–H and O–H groups in total. The first kappa shape index (κ1) is 14.6. The van der Waals surface area contributed by atoms with Gasteiger partial charge in [-0.25, -0.2) is 4.98 Å². The number of hydrogen-bond donors (Lipinski definition) is 3. The van der Waals surface area contributed by atoms with Gasteiger partial charge in [0.15, 0.2) is 0 Å². The summed E-state index contributed by atoms with van der Waals surface area (Å²) in [6.07, 6.45) is 2.55. The van der Waals surface area contributed by atoms with E-state index >= 15 is 0 Å². The molecule has 0 unspecified atom stereocenters. The van der Waals surface area contributed by atoms with Gasteiger partial charge in [0.2, 0.25) is 5.91 Å². The van der Waals surface area contributed by atoms with E-state index in [0.717, 1.165) is 18.7 Å². The molecular weight excluding hydrogens is 256 g/mol. The molecule has 1 heterocycles. The van der Waals surface area contributed by atoms with E-state index in [1.807, 2.05) is 0 Å². The molecule has 1 aromatic heterocycles. The molecule has 0 spiro atoms. The highest BCUT2D eigenvalue weighted by Crippen LogP contribution is 2.37. The Morgan fingerprint density at radius 1 is 1.50 bits per heavy atom. The molecule has 1 saturated carbocycles. The standard InChI is InChI=1S/C14H22N4O2/c1-9(2)8-16-12(19)5-6-15-11-7-13(20)18-14(17-11)10-3-4-10/h7,9-10H,3-6,8H2,1-2H3,(H,16,19)(H2,15,17,18,20). The van der Waals surface area contributed by atoms with Gasteiger partial charge in [0.05, 0.1) is 0 Å². The fourth-order valence-corrected chi connectivity index (χ4v) is 1.83. The zero-order valence-corrected chi connectivity index (χ0v) is 12.0. The fourth-order valence-electron chi connectivity index (χ4n) is 1.83. The van der Waals surface area contributed by atoms with Crippen LogP contribution in [0.5, 0.6) is 0 Å². The van der Waals surface area contributed by atoms with E-state index < -0.39 is 0 Å². The molecule has 110 valence electrons. The molecule has 0 aliphatic heterocycles. The molecule has 1 aliphatic carbocycles. The summed E-state index contributed by atoms with van der Waals surface area (Å²) in [5.41, 5.74) is -0.145. The van der Waals surface area contributed by atoms with Crippen LogP contribution in [-0.4, -0.2) is 29.0 Å². The van der Waals surface area contributed by atoms with Crippen molar-refractivity contribution in [2.45, 2.75) is 39.0 Å². The number of hydrogen-bond acceptors (Lipinski definition) is 4. The van der Waals surface area contributed by atoms with E-state index in [1.54, 1.807) is 0 Å². The molecule has 0 aromatic carbocycles. The highest BCUT2D eigenvalue weighted by molar-refractivity contribution is 5.76. The maximum Gasteiger partial charge on any atom is 0.252 e. The summed E-state index contributed by atoms with van der Waals surface area (Å²) in [6, 6.07) is 1.43. The highest BCUT2D eigenvalue weighted by atomic mass is 16.1. The first-order chi connectivity index (χ1) is 9.54. The zero-order chi connectivity index (χ0) is 14.5. The lowest BCUT2D eigenvalue weighted by molar-refractivity contribution is -0.120. The smallest absolute Gasteiger partial charge is 0.252 e. The topological polar surface area (TPSA) is 86.9 Å². The van der Waals surface area contributed by atoms with Gasteiger partial charge in [0, 0.05) is 31.5 Å². The number of nitrogens with zero attached hydrogens (tertiary/aromatic N) is 1. The third kappa shape index (κ3) is 4.68. The molecule has 1 amide bonds. The van der Waals surface area contributed by atoms with Crippen LogP contribution >= 0.6 is 0 Å². The van der Waals surface area contributed by atoms with Crippen LogP contribution in [0, 0.1) is 5.92 Å². The molecule has 0 atom stereocenters. The van der Waals surface area contributed by atoms with Gasteiger partial charge >= 0.3 is 0 Å². The molecule has 20 heavy (non-hydrogen) atoms. The normalized spacial score (nSPS) is 14.3. The third-order valence-electron chi connectivity index (χ3n) is 3.09. The van der Waals surface area contributed by atoms with Crippen molar-refractivity contribution in [3.63, 3.8) is 0 Å². The Bertz CT molecular complexity index is 520. The van der Waals surface area contributed by atoms with Crippen molar-refractivity contribution >= 4 is 11.7 Å². The number of carbonyl (C=O) groups is 1. The predicted octanol–water partition coefficient (Wildman–Crippen LogP) is 1.22. The monoisotopic (exact) mass is 278 g/mol. The van der Waals surface area contributed by atoms with Crippen molar-refractivity contribution < 1.29 is 4.79 Å².